The number of carbonyl (C=O) groups excluding carboxylic acids is 1. The van der Waals surface area contributed by atoms with Crippen LogP contribution in [0.3, 0.4) is 0 Å². The van der Waals surface area contributed by atoms with Crippen LogP contribution in [0.2, 0.25) is 0 Å². The van der Waals surface area contributed by atoms with E-state index in [2.05, 4.69) is 5.32 Å². The summed E-state index contributed by atoms with van der Waals surface area (Å²) >= 11 is 0. The molecule has 0 aliphatic heterocycles. The largest absolute Gasteiger partial charge is 0.497 e. The van der Waals surface area contributed by atoms with E-state index in [0.29, 0.717) is 5.75 Å². The van der Waals surface area contributed by atoms with Crippen LogP contribution >= 0.6 is 0 Å². The smallest absolute Gasteiger partial charge is 0.240 e. The van der Waals surface area contributed by atoms with E-state index in [4.69, 9.17) is 15.2 Å². The van der Waals surface area contributed by atoms with Crippen molar-refractivity contribution in [2.24, 2.45) is 5.73 Å². The summed E-state index contributed by atoms with van der Waals surface area (Å²) in [5, 5.41) is 2.85. The minimum absolute atomic E-state index is 0.172. The minimum atomic E-state index is -0.875. The van der Waals surface area contributed by atoms with Gasteiger partial charge in [-0.05, 0) is 38.2 Å². The van der Waals surface area contributed by atoms with Gasteiger partial charge in [0.25, 0.3) is 0 Å². The number of benzene rings is 1. The van der Waals surface area contributed by atoms with Gasteiger partial charge in [-0.15, -0.1) is 0 Å². The molecule has 0 saturated heterocycles. The Balaban J connectivity index is 2.63. The van der Waals surface area contributed by atoms with Crippen LogP contribution in [-0.4, -0.2) is 32.2 Å². The normalized spacial score (nSPS) is 13.8. The van der Waals surface area contributed by atoms with E-state index in [0.717, 1.165) is 5.75 Å². The van der Waals surface area contributed by atoms with Crippen molar-refractivity contribution in [1.29, 1.82) is 0 Å². The van der Waals surface area contributed by atoms with E-state index in [1.54, 1.807) is 45.3 Å². The van der Waals surface area contributed by atoms with Gasteiger partial charge in [-0.1, -0.05) is 0 Å². The number of methoxy groups -OCH3 is 1. The van der Waals surface area contributed by atoms with Crippen LogP contribution in [0.15, 0.2) is 24.3 Å². The summed E-state index contributed by atoms with van der Waals surface area (Å²) in [4.78, 5) is 11.2. The van der Waals surface area contributed by atoms with E-state index in [9.17, 15) is 4.79 Å². The highest BCUT2D eigenvalue weighted by Crippen LogP contribution is 2.18. The number of hydrogen-bond donors (Lipinski definition) is 2. The maximum atomic E-state index is 11.2. The molecule has 0 heterocycles. The zero-order chi connectivity index (χ0) is 12.9. The SMILES string of the molecule is CNC(C)(COc1ccc(OC)cc1)C(N)=O. The van der Waals surface area contributed by atoms with E-state index >= 15 is 0 Å². The quantitative estimate of drug-likeness (QED) is 0.758. The topological polar surface area (TPSA) is 73.6 Å². The van der Waals surface area contributed by atoms with E-state index in [1.807, 2.05) is 0 Å². The molecule has 5 heteroatoms. The lowest BCUT2D eigenvalue weighted by atomic mass is 10.0. The zero-order valence-corrected chi connectivity index (χ0v) is 10.3. The summed E-state index contributed by atoms with van der Waals surface area (Å²) in [6.45, 7) is 1.87. The minimum Gasteiger partial charge on any atom is -0.497 e. The van der Waals surface area contributed by atoms with Crippen LogP contribution in [0.4, 0.5) is 0 Å². The Morgan fingerprint density at radius 3 is 2.29 bits per heavy atom. The Morgan fingerprint density at radius 2 is 1.88 bits per heavy atom. The molecule has 1 atom stereocenters. The summed E-state index contributed by atoms with van der Waals surface area (Å²) in [6, 6.07) is 7.12. The maximum Gasteiger partial charge on any atom is 0.240 e. The van der Waals surface area contributed by atoms with Crippen molar-refractivity contribution in [3.8, 4) is 11.5 Å². The predicted molar refractivity (Wildman–Crippen MR) is 65.1 cm³/mol. The molecular formula is C12H18N2O3. The molecule has 0 radical (unpaired) electrons. The fourth-order valence-electron chi connectivity index (χ4n) is 1.17. The number of hydrogen-bond acceptors (Lipinski definition) is 4. The molecule has 0 fully saturated rings. The predicted octanol–water partition coefficient (Wildman–Crippen LogP) is 0.537. The number of rotatable bonds is 6. The fourth-order valence-corrected chi connectivity index (χ4v) is 1.17. The van der Waals surface area contributed by atoms with Gasteiger partial charge >= 0.3 is 0 Å². The molecule has 0 spiro atoms. The molecular weight excluding hydrogens is 220 g/mol. The Labute approximate surface area is 101 Å². The van der Waals surface area contributed by atoms with E-state index < -0.39 is 11.4 Å². The molecule has 17 heavy (non-hydrogen) atoms. The second-order valence-corrected chi connectivity index (χ2v) is 3.91. The molecule has 1 unspecified atom stereocenters. The van der Waals surface area contributed by atoms with Gasteiger partial charge in [-0.2, -0.15) is 0 Å². The lowest BCUT2D eigenvalue weighted by Gasteiger charge is -2.25. The molecule has 94 valence electrons. The lowest BCUT2D eigenvalue weighted by Crippen LogP contribution is -2.55. The van der Waals surface area contributed by atoms with Gasteiger partial charge in [0.05, 0.1) is 7.11 Å². The summed E-state index contributed by atoms with van der Waals surface area (Å²) < 4.78 is 10.5. The van der Waals surface area contributed by atoms with Crippen molar-refractivity contribution < 1.29 is 14.3 Å². The molecule has 1 aromatic rings. The first kappa shape index (κ1) is 13.3. The molecule has 0 aliphatic rings. The van der Waals surface area contributed by atoms with Crippen LogP contribution in [0.1, 0.15) is 6.92 Å². The van der Waals surface area contributed by atoms with Crippen molar-refractivity contribution >= 4 is 5.91 Å². The third-order valence-corrected chi connectivity index (χ3v) is 2.68. The molecule has 3 N–H and O–H groups in total. The average molecular weight is 238 g/mol. The Morgan fingerprint density at radius 1 is 1.35 bits per heavy atom. The molecule has 1 rings (SSSR count). The Kier molecular flexibility index (Phi) is 4.34. The molecule has 1 aromatic carbocycles. The second-order valence-electron chi connectivity index (χ2n) is 3.91. The van der Waals surface area contributed by atoms with Crippen LogP contribution in [0.5, 0.6) is 11.5 Å². The average Bonchev–Trinajstić information content (AvgIpc) is 2.36. The van der Waals surface area contributed by atoms with Crippen molar-refractivity contribution in [3.63, 3.8) is 0 Å². The highest BCUT2D eigenvalue weighted by Gasteiger charge is 2.29. The van der Waals surface area contributed by atoms with Crippen molar-refractivity contribution in [3.05, 3.63) is 24.3 Å². The number of primary amides is 1. The highest BCUT2D eigenvalue weighted by molar-refractivity contribution is 5.84. The zero-order valence-electron chi connectivity index (χ0n) is 10.3. The summed E-state index contributed by atoms with van der Waals surface area (Å²) in [6.07, 6.45) is 0. The van der Waals surface area contributed by atoms with Crippen molar-refractivity contribution in [2.45, 2.75) is 12.5 Å². The van der Waals surface area contributed by atoms with Gasteiger partial charge in [0.15, 0.2) is 0 Å². The first-order valence-electron chi connectivity index (χ1n) is 5.27. The summed E-state index contributed by atoms with van der Waals surface area (Å²) in [5.41, 5.74) is 4.41. The second kappa shape index (κ2) is 5.54. The third kappa shape index (κ3) is 3.35. The molecule has 0 aromatic heterocycles. The number of nitrogens with one attached hydrogen (secondary N) is 1. The van der Waals surface area contributed by atoms with Gasteiger partial charge in [0, 0.05) is 0 Å². The van der Waals surface area contributed by atoms with Gasteiger partial charge in [0.2, 0.25) is 5.91 Å². The van der Waals surface area contributed by atoms with E-state index in [-0.39, 0.29) is 6.61 Å². The molecule has 0 aliphatic carbocycles. The molecule has 1 amide bonds. The third-order valence-electron chi connectivity index (χ3n) is 2.68. The van der Waals surface area contributed by atoms with Gasteiger partial charge in [0.1, 0.15) is 23.6 Å². The number of likely N-dealkylation sites (N-methyl/N-ethyl adjacent to an activating group) is 1. The van der Waals surface area contributed by atoms with Gasteiger partial charge in [-0.25, -0.2) is 0 Å². The number of ether oxygens (including phenoxy) is 2. The van der Waals surface area contributed by atoms with Crippen molar-refractivity contribution in [2.75, 3.05) is 20.8 Å². The van der Waals surface area contributed by atoms with Gasteiger partial charge in [-0.3, -0.25) is 4.79 Å². The van der Waals surface area contributed by atoms with Crippen LogP contribution in [0.25, 0.3) is 0 Å². The van der Waals surface area contributed by atoms with E-state index in [1.165, 1.54) is 0 Å². The maximum absolute atomic E-state index is 11.2. The molecule has 5 nitrogen and oxygen atoms in total. The standard InChI is InChI=1S/C12H18N2O3/c1-12(14-2,11(13)15)8-17-10-6-4-9(16-3)5-7-10/h4-7,14H,8H2,1-3H3,(H2,13,15). The molecule has 0 saturated carbocycles. The Bertz CT molecular complexity index is 378. The van der Waals surface area contributed by atoms with Crippen LogP contribution < -0.4 is 20.5 Å². The fraction of sp³-hybridized carbons (Fsp3) is 0.417. The lowest BCUT2D eigenvalue weighted by molar-refractivity contribution is -0.124. The monoisotopic (exact) mass is 238 g/mol. The number of nitrogens with two attached hydrogens (primary N) is 1. The molecule has 0 bridgehead atoms. The summed E-state index contributed by atoms with van der Waals surface area (Å²) in [5.74, 6) is 0.964. The van der Waals surface area contributed by atoms with Gasteiger partial charge < -0.3 is 20.5 Å². The van der Waals surface area contributed by atoms with Crippen molar-refractivity contribution in [1.82, 2.24) is 5.32 Å². The van der Waals surface area contributed by atoms with Crippen LogP contribution in [0, 0.1) is 0 Å². The first-order valence-corrected chi connectivity index (χ1v) is 5.27. The highest BCUT2D eigenvalue weighted by atomic mass is 16.5. The first-order chi connectivity index (χ1) is 8.01. The van der Waals surface area contributed by atoms with Crippen LogP contribution in [-0.2, 0) is 4.79 Å². The Hall–Kier alpha value is -1.75. The summed E-state index contributed by atoms with van der Waals surface area (Å²) in [7, 11) is 3.27. The number of carbonyl (C=O) groups is 1. The number of amides is 1.